The Morgan fingerprint density at radius 2 is 1.93 bits per heavy atom. The van der Waals surface area contributed by atoms with Crippen molar-refractivity contribution < 1.29 is 0 Å². The molecule has 1 rings (SSSR count). The fourth-order valence-electron chi connectivity index (χ4n) is 0.855. The average molecular weight is 238 g/mol. The Kier molecular flexibility index (Phi) is 4.00. The summed E-state index contributed by atoms with van der Waals surface area (Å²) in [4.78, 5) is 0. The molecular weight excluding hydrogens is 233 g/mol. The van der Waals surface area contributed by atoms with Crippen molar-refractivity contribution in [2.24, 2.45) is 0 Å². The van der Waals surface area contributed by atoms with Crippen LogP contribution in [0.4, 0.5) is 5.69 Å². The molecule has 1 N–H and O–H groups in total. The highest BCUT2D eigenvalue weighted by Crippen LogP contribution is 2.29. The molecule has 0 heterocycles. The van der Waals surface area contributed by atoms with Gasteiger partial charge in [-0.25, -0.2) is 0 Å². The van der Waals surface area contributed by atoms with Gasteiger partial charge in [0.25, 0.3) is 0 Å². The van der Waals surface area contributed by atoms with Gasteiger partial charge >= 0.3 is 0 Å². The minimum Gasteiger partial charge on any atom is -0.359 e. The molecule has 1 aromatic carbocycles. The largest absolute Gasteiger partial charge is 0.359 e. The van der Waals surface area contributed by atoms with E-state index in [-0.39, 0.29) is 5.57 Å². The molecule has 15 heavy (non-hydrogen) atoms. The van der Waals surface area contributed by atoms with E-state index >= 15 is 0 Å². The van der Waals surface area contributed by atoms with Gasteiger partial charge in [-0.1, -0.05) is 29.3 Å². The Labute approximate surface area is 97.1 Å². The molecule has 0 saturated heterocycles. The summed E-state index contributed by atoms with van der Waals surface area (Å²) in [5.41, 5.74) is 0.512. The second-order valence-electron chi connectivity index (χ2n) is 2.53. The molecule has 1 aromatic rings. The molecule has 3 nitrogen and oxygen atoms in total. The summed E-state index contributed by atoms with van der Waals surface area (Å²) in [5.74, 6) is 0. The maximum Gasteiger partial charge on any atom is 0.145 e. The number of nitriles is 2. The number of hydrogen-bond acceptors (Lipinski definition) is 3. The van der Waals surface area contributed by atoms with Crippen LogP contribution in [0.1, 0.15) is 0 Å². The summed E-state index contributed by atoms with van der Waals surface area (Å²) in [7, 11) is 0. The standard InChI is InChI=1S/C10H5Cl2N3/c11-8-2-1-3-9(10(8)12)15-6-7(4-13)5-14/h1-3,6,15H. The lowest BCUT2D eigenvalue weighted by atomic mass is 10.3. The Hall–Kier alpha value is -1.68. The van der Waals surface area contributed by atoms with E-state index in [4.69, 9.17) is 33.7 Å². The van der Waals surface area contributed by atoms with Crippen molar-refractivity contribution in [2.75, 3.05) is 5.32 Å². The molecule has 0 atom stereocenters. The molecule has 5 heteroatoms. The van der Waals surface area contributed by atoms with Gasteiger partial charge in [-0.3, -0.25) is 0 Å². The van der Waals surface area contributed by atoms with Gasteiger partial charge < -0.3 is 5.32 Å². The van der Waals surface area contributed by atoms with E-state index in [1.807, 2.05) is 0 Å². The Morgan fingerprint density at radius 3 is 2.53 bits per heavy atom. The number of allylic oxidation sites excluding steroid dienone is 1. The minimum absolute atomic E-state index is 0.0361. The molecule has 0 aliphatic carbocycles. The van der Waals surface area contributed by atoms with E-state index in [0.717, 1.165) is 0 Å². The number of rotatable bonds is 2. The summed E-state index contributed by atoms with van der Waals surface area (Å²) in [5, 5.41) is 20.5. The molecule has 0 aliphatic heterocycles. The van der Waals surface area contributed by atoms with Crippen LogP contribution in [0, 0.1) is 22.7 Å². The van der Waals surface area contributed by atoms with E-state index in [0.29, 0.717) is 15.7 Å². The van der Waals surface area contributed by atoms with Gasteiger partial charge in [0.2, 0.25) is 0 Å². The first-order chi connectivity index (χ1) is 7.19. The van der Waals surface area contributed by atoms with Gasteiger partial charge in [0.1, 0.15) is 17.7 Å². The minimum atomic E-state index is -0.0361. The third-order valence-electron chi connectivity index (χ3n) is 1.56. The highest BCUT2D eigenvalue weighted by molar-refractivity contribution is 6.43. The first-order valence-corrected chi connectivity index (χ1v) is 4.65. The summed E-state index contributed by atoms with van der Waals surface area (Å²) >= 11 is 11.6. The lowest BCUT2D eigenvalue weighted by Gasteiger charge is -2.04. The maximum atomic E-state index is 8.49. The molecule has 0 bridgehead atoms. The average Bonchev–Trinajstić information content (AvgIpc) is 2.25. The van der Waals surface area contributed by atoms with Crippen LogP contribution >= 0.6 is 23.2 Å². The number of anilines is 1. The second kappa shape index (κ2) is 5.26. The number of benzene rings is 1. The van der Waals surface area contributed by atoms with Crippen LogP contribution in [0.5, 0.6) is 0 Å². The lowest BCUT2D eigenvalue weighted by Crippen LogP contribution is -1.90. The van der Waals surface area contributed by atoms with Crippen molar-refractivity contribution in [3.8, 4) is 12.1 Å². The lowest BCUT2D eigenvalue weighted by molar-refractivity contribution is 1.44. The highest BCUT2D eigenvalue weighted by Gasteiger charge is 2.02. The predicted octanol–water partition coefficient (Wildman–Crippen LogP) is 3.34. The molecule has 0 aromatic heterocycles. The van der Waals surface area contributed by atoms with Crippen molar-refractivity contribution >= 4 is 28.9 Å². The van der Waals surface area contributed by atoms with Gasteiger partial charge in [0, 0.05) is 6.20 Å². The number of nitrogens with zero attached hydrogens (tertiary/aromatic N) is 2. The van der Waals surface area contributed by atoms with Crippen LogP contribution in [0.25, 0.3) is 0 Å². The zero-order valence-electron chi connectivity index (χ0n) is 7.46. The van der Waals surface area contributed by atoms with Gasteiger partial charge in [0.05, 0.1) is 15.7 Å². The number of nitrogens with one attached hydrogen (secondary N) is 1. The zero-order chi connectivity index (χ0) is 11.3. The highest BCUT2D eigenvalue weighted by atomic mass is 35.5. The topological polar surface area (TPSA) is 59.6 Å². The summed E-state index contributed by atoms with van der Waals surface area (Å²) in [6, 6.07) is 8.48. The fraction of sp³-hybridized carbons (Fsp3) is 0. The number of hydrogen-bond donors (Lipinski definition) is 1. The summed E-state index contributed by atoms with van der Waals surface area (Å²) in [6.45, 7) is 0. The third kappa shape index (κ3) is 2.89. The molecule has 0 saturated carbocycles. The Balaban J connectivity index is 2.93. The van der Waals surface area contributed by atoms with Gasteiger partial charge in [-0.05, 0) is 12.1 Å². The monoisotopic (exact) mass is 237 g/mol. The van der Waals surface area contributed by atoms with Crippen LogP contribution in [-0.2, 0) is 0 Å². The van der Waals surface area contributed by atoms with Gasteiger partial charge in [-0.2, -0.15) is 10.5 Å². The molecule has 0 unspecified atom stereocenters. The predicted molar refractivity (Wildman–Crippen MR) is 59.4 cm³/mol. The van der Waals surface area contributed by atoms with Crippen LogP contribution in [0.15, 0.2) is 30.0 Å². The smallest absolute Gasteiger partial charge is 0.145 e. The zero-order valence-corrected chi connectivity index (χ0v) is 8.97. The van der Waals surface area contributed by atoms with Crippen LogP contribution < -0.4 is 5.32 Å². The first kappa shape index (κ1) is 11.4. The Morgan fingerprint density at radius 1 is 1.27 bits per heavy atom. The molecular formula is C10H5Cl2N3. The van der Waals surface area contributed by atoms with Crippen molar-refractivity contribution in [1.29, 1.82) is 10.5 Å². The first-order valence-electron chi connectivity index (χ1n) is 3.90. The summed E-state index contributed by atoms with van der Waals surface area (Å²) in [6.07, 6.45) is 1.28. The molecule has 0 radical (unpaired) electrons. The SMILES string of the molecule is N#CC(C#N)=CNc1cccc(Cl)c1Cl. The van der Waals surface area contributed by atoms with Crippen molar-refractivity contribution in [2.45, 2.75) is 0 Å². The van der Waals surface area contributed by atoms with E-state index in [1.165, 1.54) is 6.20 Å². The molecule has 74 valence electrons. The number of halogens is 2. The molecule has 0 amide bonds. The van der Waals surface area contributed by atoms with Crippen molar-refractivity contribution in [3.63, 3.8) is 0 Å². The van der Waals surface area contributed by atoms with Crippen LogP contribution in [-0.4, -0.2) is 0 Å². The van der Waals surface area contributed by atoms with Gasteiger partial charge in [0.15, 0.2) is 0 Å². The molecule has 0 aliphatic rings. The van der Waals surface area contributed by atoms with Gasteiger partial charge in [-0.15, -0.1) is 0 Å². The molecule has 0 spiro atoms. The van der Waals surface area contributed by atoms with Crippen LogP contribution in [0.3, 0.4) is 0 Å². The molecule has 0 fully saturated rings. The third-order valence-corrected chi connectivity index (χ3v) is 2.38. The normalized spacial score (nSPS) is 8.53. The van der Waals surface area contributed by atoms with Crippen LogP contribution in [0.2, 0.25) is 10.0 Å². The maximum absolute atomic E-state index is 8.49. The van der Waals surface area contributed by atoms with E-state index in [1.54, 1.807) is 30.3 Å². The quantitative estimate of drug-likeness (QED) is 0.803. The van der Waals surface area contributed by atoms with Crippen molar-refractivity contribution in [3.05, 3.63) is 40.0 Å². The van der Waals surface area contributed by atoms with E-state index < -0.39 is 0 Å². The Bertz CT molecular complexity index is 464. The summed E-state index contributed by atoms with van der Waals surface area (Å²) < 4.78 is 0. The fourth-order valence-corrected chi connectivity index (χ4v) is 1.21. The second-order valence-corrected chi connectivity index (χ2v) is 3.31. The van der Waals surface area contributed by atoms with Crippen molar-refractivity contribution in [1.82, 2.24) is 0 Å². The van der Waals surface area contributed by atoms with E-state index in [9.17, 15) is 0 Å². The van der Waals surface area contributed by atoms with E-state index in [2.05, 4.69) is 5.32 Å².